The molecule has 0 aromatic heterocycles. The maximum absolute atomic E-state index is 13.9. The predicted octanol–water partition coefficient (Wildman–Crippen LogP) is 2.30. The molecule has 15 heteroatoms. The van der Waals surface area contributed by atoms with Crippen molar-refractivity contribution < 1.29 is 43.8 Å². The van der Waals surface area contributed by atoms with Crippen LogP contribution in [0.4, 0.5) is 0 Å². The number of carbonyl (C=O) groups is 7. The normalized spacial score (nSPS) is 17.9. The molecule has 2 aliphatic rings. The summed E-state index contributed by atoms with van der Waals surface area (Å²) in [4.78, 5) is 88.6. The fraction of sp³-hybridized carbons (Fsp3) is 0.667. The first kappa shape index (κ1) is 43.9. The average Bonchev–Trinajstić information content (AvgIpc) is 3.13. The van der Waals surface area contributed by atoms with Gasteiger partial charge in [-0.25, -0.2) is 4.79 Å². The van der Waals surface area contributed by atoms with Gasteiger partial charge >= 0.3 is 11.9 Å². The third-order valence-corrected chi connectivity index (χ3v) is 10.5. The average molecular weight is 757 g/mol. The van der Waals surface area contributed by atoms with Crippen molar-refractivity contribution in [2.24, 2.45) is 17.6 Å². The van der Waals surface area contributed by atoms with E-state index in [1.807, 2.05) is 6.07 Å². The summed E-state index contributed by atoms with van der Waals surface area (Å²) < 4.78 is 0. The second-order valence-electron chi connectivity index (χ2n) is 15.0. The molecule has 0 spiro atoms. The first-order chi connectivity index (χ1) is 25.8. The SMILES string of the molecule is CC(=O)N[C@@H](CCC(N)=O)C(=O)N[C@@H](CC1CCCCC1)C(=O)N[C@H](CN[C@@H](CCC1CCCCC1)C(=O)NC(Cc1ccccc1)C(=O)O)CC(=O)O. The molecule has 5 atom stereocenters. The molecule has 0 heterocycles. The summed E-state index contributed by atoms with van der Waals surface area (Å²) in [6.45, 7) is 1.11. The standard InChI is InChI=1S/C39H60N6O9/c1-25(46)42-31(19-20-34(40)47)37(51)44-32(21-27-13-7-3-8-14-27)38(52)43-29(23-35(48)49)24-41-30(18-17-26-11-5-2-6-12-26)36(50)45-33(39(53)54)22-28-15-9-4-10-16-28/h4,9-10,15-16,26-27,29-33,41H,2-3,5-8,11-14,17-24H2,1H3,(H2,40,47)(H,42,46)(H,43,52)(H,44,51)(H,45,50)(H,48,49)(H,53,54)/t29-,30-,31-,32-,33?/m0/s1. The van der Waals surface area contributed by atoms with E-state index in [9.17, 15) is 43.8 Å². The van der Waals surface area contributed by atoms with Crippen LogP contribution in [0.2, 0.25) is 0 Å². The number of amides is 5. The summed E-state index contributed by atoms with van der Waals surface area (Å²) in [7, 11) is 0. The van der Waals surface area contributed by atoms with E-state index in [0.717, 1.165) is 69.8 Å². The minimum absolute atomic E-state index is 0.0670. The smallest absolute Gasteiger partial charge is 0.326 e. The Kier molecular flexibility index (Phi) is 18.9. The maximum atomic E-state index is 13.9. The lowest BCUT2D eigenvalue weighted by atomic mass is 9.84. The highest BCUT2D eigenvalue weighted by Crippen LogP contribution is 2.29. The van der Waals surface area contributed by atoms with Gasteiger partial charge in [0.05, 0.1) is 18.5 Å². The lowest BCUT2D eigenvalue weighted by molar-refractivity contribution is -0.142. The Labute approximate surface area is 317 Å². The quantitative estimate of drug-likeness (QED) is 0.0810. The van der Waals surface area contributed by atoms with Crippen LogP contribution >= 0.6 is 0 Å². The van der Waals surface area contributed by atoms with Crippen LogP contribution in [0.25, 0.3) is 0 Å². The van der Waals surface area contributed by atoms with Crippen LogP contribution in [0, 0.1) is 11.8 Å². The van der Waals surface area contributed by atoms with E-state index in [4.69, 9.17) is 5.73 Å². The molecule has 2 fully saturated rings. The third kappa shape index (κ3) is 16.6. The molecule has 0 saturated heterocycles. The zero-order valence-corrected chi connectivity index (χ0v) is 31.5. The zero-order chi connectivity index (χ0) is 39.5. The second-order valence-corrected chi connectivity index (χ2v) is 15.0. The Hall–Kier alpha value is -4.53. The summed E-state index contributed by atoms with van der Waals surface area (Å²) in [5.41, 5.74) is 6.02. The lowest BCUT2D eigenvalue weighted by Crippen LogP contribution is -2.57. The van der Waals surface area contributed by atoms with Gasteiger partial charge in [-0.05, 0) is 43.1 Å². The Morgan fingerprint density at radius 1 is 0.704 bits per heavy atom. The Balaban J connectivity index is 1.78. The molecule has 2 saturated carbocycles. The van der Waals surface area contributed by atoms with E-state index in [0.29, 0.717) is 12.3 Å². The van der Waals surface area contributed by atoms with Crippen molar-refractivity contribution in [1.29, 1.82) is 0 Å². The number of hydrogen-bond acceptors (Lipinski definition) is 8. The largest absolute Gasteiger partial charge is 0.481 e. The molecule has 1 aromatic rings. The van der Waals surface area contributed by atoms with Crippen LogP contribution in [-0.2, 0) is 40.0 Å². The number of carbonyl (C=O) groups excluding carboxylic acids is 5. The number of aliphatic carboxylic acids is 2. The molecule has 15 nitrogen and oxygen atoms in total. The van der Waals surface area contributed by atoms with Gasteiger partial charge in [-0.1, -0.05) is 94.5 Å². The molecule has 3 rings (SSSR count). The van der Waals surface area contributed by atoms with Gasteiger partial charge in [-0.15, -0.1) is 0 Å². The highest BCUT2D eigenvalue weighted by Gasteiger charge is 2.32. The van der Waals surface area contributed by atoms with Gasteiger partial charge in [0.1, 0.15) is 18.1 Å². The summed E-state index contributed by atoms with van der Waals surface area (Å²) >= 11 is 0. The minimum Gasteiger partial charge on any atom is -0.481 e. The van der Waals surface area contributed by atoms with Crippen LogP contribution in [0.15, 0.2) is 30.3 Å². The van der Waals surface area contributed by atoms with E-state index in [1.165, 1.54) is 13.3 Å². The molecule has 300 valence electrons. The highest BCUT2D eigenvalue weighted by molar-refractivity contribution is 5.92. The van der Waals surface area contributed by atoms with Crippen LogP contribution in [0.1, 0.15) is 115 Å². The fourth-order valence-electron chi connectivity index (χ4n) is 7.56. The molecule has 1 unspecified atom stereocenters. The van der Waals surface area contributed by atoms with Crippen LogP contribution in [0.5, 0.6) is 0 Å². The molecule has 54 heavy (non-hydrogen) atoms. The molecule has 2 aliphatic carbocycles. The Morgan fingerprint density at radius 3 is 1.85 bits per heavy atom. The van der Waals surface area contributed by atoms with E-state index < -0.39 is 78.1 Å². The zero-order valence-electron chi connectivity index (χ0n) is 31.5. The van der Waals surface area contributed by atoms with Gasteiger partial charge < -0.3 is 42.5 Å². The fourth-order valence-corrected chi connectivity index (χ4v) is 7.56. The lowest BCUT2D eigenvalue weighted by Gasteiger charge is -2.30. The number of carboxylic acids is 2. The van der Waals surface area contributed by atoms with Gasteiger partial charge in [-0.2, -0.15) is 0 Å². The van der Waals surface area contributed by atoms with Crippen molar-refractivity contribution in [3.8, 4) is 0 Å². The molecule has 0 radical (unpaired) electrons. The summed E-state index contributed by atoms with van der Waals surface area (Å²) in [5.74, 6) is -4.80. The van der Waals surface area contributed by atoms with Crippen LogP contribution < -0.4 is 32.3 Å². The first-order valence-corrected chi connectivity index (χ1v) is 19.5. The topological polar surface area (TPSA) is 246 Å². The number of primary amides is 1. The van der Waals surface area contributed by atoms with Crippen molar-refractivity contribution in [3.05, 3.63) is 35.9 Å². The van der Waals surface area contributed by atoms with Crippen molar-refractivity contribution >= 4 is 41.5 Å². The number of carboxylic acid groups (broad SMARTS) is 2. The number of rotatable bonds is 23. The number of nitrogens with one attached hydrogen (secondary N) is 5. The molecule has 0 bridgehead atoms. The molecular weight excluding hydrogens is 696 g/mol. The molecular formula is C39H60N6O9. The molecule has 1 aromatic carbocycles. The van der Waals surface area contributed by atoms with E-state index in [-0.39, 0.29) is 38.1 Å². The number of nitrogens with two attached hydrogens (primary N) is 1. The summed E-state index contributed by atoms with van der Waals surface area (Å²) in [6.07, 6.45) is 10.9. The number of benzene rings is 1. The predicted molar refractivity (Wildman–Crippen MR) is 201 cm³/mol. The Morgan fingerprint density at radius 2 is 1.28 bits per heavy atom. The maximum Gasteiger partial charge on any atom is 0.326 e. The van der Waals surface area contributed by atoms with E-state index in [1.54, 1.807) is 24.3 Å². The van der Waals surface area contributed by atoms with Gasteiger partial charge in [0.15, 0.2) is 0 Å². The Bertz CT molecular complexity index is 1400. The first-order valence-electron chi connectivity index (χ1n) is 19.5. The molecule has 9 N–H and O–H groups in total. The van der Waals surface area contributed by atoms with Crippen molar-refractivity contribution in [1.82, 2.24) is 26.6 Å². The second kappa shape index (κ2) is 23.3. The highest BCUT2D eigenvalue weighted by atomic mass is 16.4. The third-order valence-electron chi connectivity index (χ3n) is 10.5. The van der Waals surface area contributed by atoms with Gasteiger partial charge in [0.2, 0.25) is 29.5 Å². The van der Waals surface area contributed by atoms with Gasteiger partial charge in [0, 0.05) is 26.3 Å². The van der Waals surface area contributed by atoms with Crippen LogP contribution in [-0.4, -0.2) is 88.4 Å². The van der Waals surface area contributed by atoms with E-state index >= 15 is 0 Å². The van der Waals surface area contributed by atoms with E-state index in [2.05, 4.69) is 26.6 Å². The monoisotopic (exact) mass is 756 g/mol. The van der Waals surface area contributed by atoms with Crippen molar-refractivity contribution in [3.63, 3.8) is 0 Å². The van der Waals surface area contributed by atoms with Gasteiger partial charge in [-0.3, -0.25) is 28.8 Å². The summed E-state index contributed by atoms with van der Waals surface area (Å²) in [6, 6.07) is 3.73. The minimum atomic E-state index is -1.19. The molecule has 5 amide bonds. The summed E-state index contributed by atoms with van der Waals surface area (Å²) in [5, 5.41) is 33.6. The van der Waals surface area contributed by atoms with Gasteiger partial charge in [0.25, 0.3) is 0 Å². The number of hydrogen-bond donors (Lipinski definition) is 8. The van der Waals surface area contributed by atoms with Crippen molar-refractivity contribution in [2.45, 2.75) is 146 Å². The van der Waals surface area contributed by atoms with Crippen LogP contribution in [0.3, 0.4) is 0 Å². The van der Waals surface area contributed by atoms with Crippen molar-refractivity contribution in [2.75, 3.05) is 6.54 Å². The molecule has 0 aliphatic heterocycles.